The Bertz CT molecular complexity index is 624. The Balaban J connectivity index is 0.00000338. The lowest BCUT2D eigenvalue weighted by Gasteiger charge is -2.18. The van der Waals surface area contributed by atoms with E-state index >= 15 is 0 Å². The van der Waals surface area contributed by atoms with Crippen molar-refractivity contribution >= 4 is 29.9 Å². The van der Waals surface area contributed by atoms with Crippen LogP contribution in [0.5, 0.6) is 0 Å². The summed E-state index contributed by atoms with van der Waals surface area (Å²) in [5.74, 6) is 1.57. The molecule has 2 aromatic rings. The largest absolute Gasteiger partial charge is 0.356 e. The molecule has 144 valence electrons. The molecule has 2 rings (SSSR count). The van der Waals surface area contributed by atoms with Crippen LogP contribution in [0.3, 0.4) is 0 Å². The maximum Gasteiger partial charge on any atom is 0.191 e. The minimum Gasteiger partial charge on any atom is -0.356 e. The highest BCUT2D eigenvalue weighted by molar-refractivity contribution is 14.0. The summed E-state index contributed by atoms with van der Waals surface area (Å²) in [7, 11) is 1.82. The van der Waals surface area contributed by atoms with Crippen molar-refractivity contribution in [3.8, 4) is 5.69 Å². The summed E-state index contributed by atoms with van der Waals surface area (Å²) in [5.41, 5.74) is 2.20. The van der Waals surface area contributed by atoms with Crippen molar-refractivity contribution in [2.75, 3.05) is 13.6 Å². The zero-order chi connectivity index (χ0) is 17.9. The van der Waals surface area contributed by atoms with Gasteiger partial charge in [0.2, 0.25) is 0 Å². The number of nitrogens with one attached hydrogen (secondary N) is 2. The summed E-state index contributed by atoms with van der Waals surface area (Å²) in [6, 6.07) is 8.26. The second-order valence-electron chi connectivity index (χ2n) is 6.23. The number of guanidine groups is 1. The molecule has 1 atom stereocenters. The number of hydrogen-bond acceptors (Lipinski definition) is 3. The molecule has 0 aliphatic rings. The van der Waals surface area contributed by atoms with E-state index in [4.69, 9.17) is 0 Å². The van der Waals surface area contributed by atoms with E-state index in [1.165, 1.54) is 37.6 Å². The second-order valence-corrected chi connectivity index (χ2v) is 6.23. The zero-order valence-corrected chi connectivity index (χ0v) is 18.3. The van der Waals surface area contributed by atoms with Crippen LogP contribution in [0.1, 0.15) is 45.1 Å². The predicted octanol–water partition coefficient (Wildman–Crippen LogP) is 3.77. The van der Waals surface area contributed by atoms with Gasteiger partial charge >= 0.3 is 0 Å². The molecule has 1 heterocycles. The average Bonchev–Trinajstić information content (AvgIpc) is 3.19. The van der Waals surface area contributed by atoms with Crippen molar-refractivity contribution < 1.29 is 0 Å². The third-order valence-corrected chi connectivity index (χ3v) is 4.40. The fourth-order valence-corrected chi connectivity index (χ4v) is 2.70. The van der Waals surface area contributed by atoms with Crippen molar-refractivity contribution in [2.24, 2.45) is 10.9 Å². The van der Waals surface area contributed by atoms with Gasteiger partial charge in [-0.15, -0.1) is 24.0 Å². The molecule has 0 fully saturated rings. The van der Waals surface area contributed by atoms with Gasteiger partial charge in [0.1, 0.15) is 12.7 Å². The second kappa shape index (κ2) is 12.7. The lowest BCUT2D eigenvalue weighted by molar-refractivity contribution is 0.443. The van der Waals surface area contributed by atoms with Gasteiger partial charge in [-0.25, -0.2) is 9.67 Å². The van der Waals surface area contributed by atoms with E-state index in [1.807, 2.05) is 19.2 Å². The molecule has 0 saturated heterocycles. The van der Waals surface area contributed by atoms with E-state index in [9.17, 15) is 0 Å². The van der Waals surface area contributed by atoms with Gasteiger partial charge in [0.15, 0.2) is 5.96 Å². The summed E-state index contributed by atoms with van der Waals surface area (Å²) in [5, 5.41) is 11.0. The van der Waals surface area contributed by atoms with Gasteiger partial charge in [0.25, 0.3) is 0 Å². The first kappa shape index (κ1) is 22.4. The minimum absolute atomic E-state index is 0. The Labute approximate surface area is 173 Å². The predicted molar refractivity (Wildman–Crippen MR) is 118 cm³/mol. The molecular formula is C19H31IN6. The first-order valence-corrected chi connectivity index (χ1v) is 9.15. The Kier molecular flexibility index (Phi) is 10.9. The van der Waals surface area contributed by atoms with Crippen molar-refractivity contribution in [1.29, 1.82) is 0 Å². The van der Waals surface area contributed by atoms with Gasteiger partial charge in [0, 0.05) is 20.1 Å². The van der Waals surface area contributed by atoms with E-state index < -0.39 is 0 Å². The Morgan fingerprint density at radius 1 is 1.19 bits per heavy atom. The molecule has 7 heteroatoms. The molecule has 0 saturated carbocycles. The Morgan fingerprint density at radius 2 is 1.96 bits per heavy atom. The topological polar surface area (TPSA) is 67.1 Å². The monoisotopic (exact) mass is 470 g/mol. The van der Waals surface area contributed by atoms with Crippen LogP contribution in [0.25, 0.3) is 5.69 Å². The van der Waals surface area contributed by atoms with Crippen LogP contribution in [-0.4, -0.2) is 34.3 Å². The maximum atomic E-state index is 4.32. The third-order valence-electron chi connectivity index (χ3n) is 4.40. The number of hydrogen-bond donors (Lipinski definition) is 2. The van der Waals surface area contributed by atoms with E-state index in [0.717, 1.165) is 24.7 Å². The van der Waals surface area contributed by atoms with E-state index in [2.05, 4.69) is 51.7 Å². The number of benzene rings is 1. The summed E-state index contributed by atoms with van der Waals surface area (Å²) < 4.78 is 1.75. The highest BCUT2D eigenvalue weighted by Gasteiger charge is 2.07. The molecule has 6 nitrogen and oxygen atoms in total. The number of aliphatic imine (C=N–C) groups is 1. The van der Waals surface area contributed by atoms with E-state index in [0.29, 0.717) is 5.92 Å². The van der Waals surface area contributed by atoms with Gasteiger partial charge in [-0.1, -0.05) is 45.2 Å². The third kappa shape index (κ3) is 7.31. The number of halogens is 1. The van der Waals surface area contributed by atoms with Gasteiger partial charge < -0.3 is 10.6 Å². The standard InChI is InChI=1S/C19H30N6.HI/c1-4-6-7-16(5-2)12-22-19(20-3)23-13-17-8-10-18(11-9-17)25-15-21-14-24-25;/h8-11,14-16H,4-7,12-13H2,1-3H3,(H2,20,22,23);1H. The highest BCUT2D eigenvalue weighted by Crippen LogP contribution is 2.11. The number of rotatable bonds is 9. The van der Waals surface area contributed by atoms with Crippen LogP contribution in [0, 0.1) is 5.92 Å². The number of unbranched alkanes of at least 4 members (excludes halogenated alkanes) is 1. The molecule has 0 bridgehead atoms. The summed E-state index contributed by atoms with van der Waals surface area (Å²) in [4.78, 5) is 8.29. The summed E-state index contributed by atoms with van der Waals surface area (Å²) in [6.45, 7) is 6.22. The van der Waals surface area contributed by atoms with Crippen molar-refractivity contribution in [1.82, 2.24) is 25.4 Å². The van der Waals surface area contributed by atoms with Crippen LogP contribution in [0.2, 0.25) is 0 Å². The quantitative estimate of drug-likeness (QED) is 0.333. The SMILES string of the molecule is CCCCC(CC)CNC(=NC)NCc1ccc(-n2cncn2)cc1.I. The molecule has 0 spiro atoms. The van der Waals surface area contributed by atoms with E-state index in [-0.39, 0.29) is 24.0 Å². The fourth-order valence-electron chi connectivity index (χ4n) is 2.70. The van der Waals surface area contributed by atoms with Crippen LogP contribution in [0.15, 0.2) is 41.9 Å². The molecule has 26 heavy (non-hydrogen) atoms. The number of nitrogens with zero attached hydrogens (tertiary/aromatic N) is 4. The van der Waals surface area contributed by atoms with Gasteiger partial charge in [-0.2, -0.15) is 5.10 Å². The summed E-state index contributed by atoms with van der Waals surface area (Å²) >= 11 is 0. The van der Waals surface area contributed by atoms with Crippen LogP contribution in [-0.2, 0) is 6.54 Å². The highest BCUT2D eigenvalue weighted by atomic mass is 127. The zero-order valence-electron chi connectivity index (χ0n) is 16.0. The molecule has 0 aliphatic carbocycles. The average molecular weight is 470 g/mol. The molecule has 1 unspecified atom stereocenters. The minimum atomic E-state index is 0. The normalized spacial score (nSPS) is 12.3. The Morgan fingerprint density at radius 3 is 2.54 bits per heavy atom. The van der Waals surface area contributed by atoms with Crippen molar-refractivity contribution in [2.45, 2.75) is 46.1 Å². The maximum absolute atomic E-state index is 4.32. The lowest BCUT2D eigenvalue weighted by Crippen LogP contribution is -2.39. The molecule has 0 aliphatic heterocycles. The molecule has 1 aromatic heterocycles. The Hall–Kier alpha value is -1.64. The van der Waals surface area contributed by atoms with Crippen LogP contribution >= 0.6 is 24.0 Å². The molecular weight excluding hydrogens is 439 g/mol. The van der Waals surface area contributed by atoms with Crippen molar-refractivity contribution in [3.05, 3.63) is 42.5 Å². The van der Waals surface area contributed by atoms with Crippen LogP contribution < -0.4 is 10.6 Å². The molecule has 0 radical (unpaired) electrons. The van der Waals surface area contributed by atoms with Crippen LogP contribution in [0.4, 0.5) is 0 Å². The number of aromatic nitrogens is 3. The van der Waals surface area contributed by atoms with Gasteiger partial charge in [-0.05, 0) is 30.0 Å². The smallest absolute Gasteiger partial charge is 0.191 e. The first-order chi connectivity index (χ1) is 12.3. The first-order valence-electron chi connectivity index (χ1n) is 9.15. The molecule has 0 amide bonds. The summed E-state index contributed by atoms with van der Waals surface area (Å²) in [6.07, 6.45) is 8.27. The lowest BCUT2D eigenvalue weighted by atomic mass is 9.99. The molecule has 1 aromatic carbocycles. The molecule has 2 N–H and O–H groups in total. The van der Waals surface area contributed by atoms with Gasteiger partial charge in [-0.3, -0.25) is 4.99 Å². The fraction of sp³-hybridized carbons (Fsp3) is 0.526. The van der Waals surface area contributed by atoms with Gasteiger partial charge in [0.05, 0.1) is 5.69 Å². The van der Waals surface area contributed by atoms with Crippen molar-refractivity contribution in [3.63, 3.8) is 0 Å². The van der Waals surface area contributed by atoms with E-state index in [1.54, 1.807) is 11.0 Å².